The van der Waals surface area contributed by atoms with E-state index in [-0.39, 0.29) is 12.0 Å². The van der Waals surface area contributed by atoms with E-state index < -0.39 is 0 Å². The van der Waals surface area contributed by atoms with Crippen LogP contribution in [0.25, 0.3) is 40.0 Å². The fraction of sp³-hybridized carbons (Fsp3) is 0.293. The molecule has 0 amide bonds. The molecule has 5 aromatic rings. The standard InChI is InChI=1S/C41H35N3O/c1-2-9-26(10-3-1)27-17-19-29(20-18-27)39-42-40(44-41(43-39)34-16-8-14-28-11-6-7-15-33(28)34)32-21-22-37-35(24-32)36-23-30-12-4-5-13-31(30)25-38(36)45-37/h1-2,4-5,8-9,12-14,16-20,25,32,35-37H,6-7,11,15,21-24H2. The summed E-state index contributed by atoms with van der Waals surface area (Å²) in [7, 11) is 0. The number of aromatic nitrogens is 3. The maximum Gasteiger partial charge on any atom is 0.164 e. The molecule has 2 heterocycles. The lowest BCUT2D eigenvalue weighted by Crippen LogP contribution is -2.30. The molecule has 220 valence electrons. The van der Waals surface area contributed by atoms with Gasteiger partial charge in [0.05, 0.1) is 0 Å². The van der Waals surface area contributed by atoms with Crippen LogP contribution in [0, 0.1) is 24.0 Å². The Balaban J connectivity index is 1.09. The Bertz CT molecular complexity index is 1910. The molecule has 4 atom stereocenters. The molecule has 0 spiro atoms. The summed E-state index contributed by atoms with van der Waals surface area (Å²) < 4.78 is 6.61. The summed E-state index contributed by atoms with van der Waals surface area (Å²) in [6, 6.07) is 36.2. The Labute approximate surface area is 265 Å². The summed E-state index contributed by atoms with van der Waals surface area (Å²) in [6.07, 6.45) is 11.4. The highest BCUT2D eigenvalue weighted by atomic mass is 16.5. The molecule has 4 nitrogen and oxygen atoms in total. The summed E-state index contributed by atoms with van der Waals surface area (Å²) in [5.74, 6) is 4.90. The molecular formula is C41H35N3O. The zero-order valence-corrected chi connectivity index (χ0v) is 25.4. The quantitative estimate of drug-likeness (QED) is 0.211. The van der Waals surface area contributed by atoms with Gasteiger partial charge in [-0.05, 0) is 97.4 Å². The first kappa shape index (κ1) is 26.6. The van der Waals surface area contributed by atoms with Crippen molar-refractivity contribution in [2.75, 3.05) is 0 Å². The van der Waals surface area contributed by atoms with Gasteiger partial charge in [-0.25, -0.2) is 15.0 Å². The molecule has 4 aliphatic rings. The Morgan fingerprint density at radius 2 is 1.58 bits per heavy atom. The van der Waals surface area contributed by atoms with Crippen LogP contribution in [0.5, 0.6) is 0 Å². The van der Waals surface area contributed by atoms with E-state index in [2.05, 4.69) is 91.0 Å². The minimum atomic E-state index is 0.278. The lowest BCUT2D eigenvalue weighted by molar-refractivity contribution is 0.0882. The molecule has 3 aliphatic carbocycles. The van der Waals surface area contributed by atoms with Crippen LogP contribution in [0.4, 0.5) is 0 Å². The maximum absolute atomic E-state index is 6.61. The molecule has 0 bridgehead atoms. The Morgan fingerprint density at radius 1 is 0.733 bits per heavy atom. The number of aryl methyl sites for hydroxylation is 1. The fourth-order valence-electron chi connectivity index (χ4n) is 8.24. The number of hydrogen-bond acceptors (Lipinski definition) is 4. The van der Waals surface area contributed by atoms with Crippen LogP contribution in [-0.4, -0.2) is 21.1 Å². The second kappa shape index (κ2) is 11.0. The number of fused-ring (bicyclic) bond motifs is 5. The Kier molecular flexibility index (Phi) is 6.51. The zero-order chi connectivity index (χ0) is 29.7. The number of rotatable bonds is 4. The monoisotopic (exact) mass is 585 g/mol. The van der Waals surface area contributed by atoms with Crippen molar-refractivity contribution in [3.8, 4) is 33.9 Å². The minimum Gasteiger partial charge on any atom is -0.494 e. The highest BCUT2D eigenvalue weighted by molar-refractivity contribution is 5.69. The number of hydrogen-bond donors (Lipinski definition) is 0. The molecule has 0 N–H and O–H groups in total. The minimum absolute atomic E-state index is 0.278. The van der Waals surface area contributed by atoms with E-state index in [1.165, 1.54) is 46.4 Å². The van der Waals surface area contributed by atoms with Crippen LogP contribution < -0.4 is 0 Å². The van der Waals surface area contributed by atoms with Gasteiger partial charge in [0.25, 0.3) is 0 Å². The van der Waals surface area contributed by atoms with Crippen molar-refractivity contribution < 1.29 is 4.74 Å². The molecule has 0 radical (unpaired) electrons. The number of ether oxygens (including phenoxy) is 1. The van der Waals surface area contributed by atoms with Gasteiger partial charge in [0, 0.05) is 34.4 Å². The number of allylic oxidation sites excluding steroid dienone is 1. The SMILES string of the molecule is c1cccc(-c2ccc(-c3nc(-c4cccc5c4CCCC5)nc(C4CCC5OC6=Cc7ccccc7CC6C5C4)n3)cc2)c#1. The summed E-state index contributed by atoms with van der Waals surface area (Å²) in [6.45, 7) is 0. The van der Waals surface area contributed by atoms with E-state index in [0.29, 0.717) is 11.8 Å². The molecule has 45 heavy (non-hydrogen) atoms. The van der Waals surface area contributed by atoms with Crippen molar-refractivity contribution in [3.05, 3.63) is 131 Å². The van der Waals surface area contributed by atoms with Crippen LogP contribution in [0.15, 0.2) is 90.7 Å². The van der Waals surface area contributed by atoms with Gasteiger partial charge in [0.2, 0.25) is 0 Å². The van der Waals surface area contributed by atoms with Crippen LogP contribution in [0.1, 0.15) is 66.1 Å². The molecule has 1 saturated carbocycles. The van der Waals surface area contributed by atoms with Crippen molar-refractivity contribution in [1.82, 2.24) is 15.0 Å². The zero-order valence-electron chi connectivity index (χ0n) is 25.4. The van der Waals surface area contributed by atoms with Crippen molar-refractivity contribution in [1.29, 1.82) is 0 Å². The van der Waals surface area contributed by atoms with E-state index in [1.54, 1.807) is 0 Å². The molecule has 4 aromatic carbocycles. The van der Waals surface area contributed by atoms with Crippen LogP contribution in [0.2, 0.25) is 0 Å². The van der Waals surface area contributed by atoms with Gasteiger partial charge < -0.3 is 4.74 Å². The highest BCUT2D eigenvalue weighted by Crippen LogP contribution is 2.51. The van der Waals surface area contributed by atoms with Crippen molar-refractivity contribution in [2.45, 2.75) is 63.4 Å². The molecule has 9 rings (SSSR count). The summed E-state index contributed by atoms with van der Waals surface area (Å²) >= 11 is 0. The van der Waals surface area contributed by atoms with Crippen molar-refractivity contribution >= 4 is 6.08 Å². The molecule has 1 aliphatic heterocycles. The van der Waals surface area contributed by atoms with Gasteiger partial charge in [-0.15, -0.1) is 0 Å². The van der Waals surface area contributed by atoms with E-state index in [4.69, 9.17) is 19.7 Å². The fourth-order valence-corrected chi connectivity index (χ4v) is 8.24. The average molecular weight is 586 g/mol. The van der Waals surface area contributed by atoms with Gasteiger partial charge in [-0.3, -0.25) is 0 Å². The topological polar surface area (TPSA) is 47.9 Å². The van der Waals surface area contributed by atoms with E-state index in [1.807, 2.05) is 12.1 Å². The van der Waals surface area contributed by atoms with Gasteiger partial charge in [-0.2, -0.15) is 0 Å². The number of nitrogens with zero attached hydrogens (tertiary/aromatic N) is 3. The third-order valence-electron chi connectivity index (χ3n) is 10.6. The predicted octanol–water partition coefficient (Wildman–Crippen LogP) is 8.85. The van der Waals surface area contributed by atoms with Gasteiger partial charge in [-0.1, -0.05) is 84.9 Å². The lowest BCUT2D eigenvalue weighted by Gasteiger charge is -2.32. The Morgan fingerprint density at radius 3 is 2.49 bits per heavy atom. The normalized spacial score (nSPS) is 23.0. The number of benzene rings is 3. The molecule has 2 fully saturated rings. The predicted molar refractivity (Wildman–Crippen MR) is 177 cm³/mol. The Hall–Kier alpha value is -4.75. The second-order valence-corrected chi connectivity index (χ2v) is 13.2. The second-order valence-electron chi connectivity index (χ2n) is 13.2. The molecule has 4 heteroatoms. The van der Waals surface area contributed by atoms with Crippen LogP contribution in [-0.2, 0) is 24.0 Å². The van der Waals surface area contributed by atoms with E-state index in [0.717, 1.165) is 72.7 Å². The molecule has 1 saturated heterocycles. The first-order chi connectivity index (χ1) is 22.3. The average Bonchev–Trinajstić information content (AvgIpc) is 3.47. The molecule has 4 unspecified atom stereocenters. The summed E-state index contributed by atoms with van der Waals surface area (Å²) in [4.78, 5) is 15.7. The van der Waals surface area contributed by atoms with Gasteiger partial charge >= 0.3 is 0 Å². The first-order valence-corrected chi connectivity index (χ1v) is 16.6. The molecular weight excluding hydrogens is 550 g/mol. The third kappa shape index (κ3) is 4.82. The van der Waals surface area contributed by atoms with Gasteiger partial charge in [0.15, 0.2) is 11.6 Å². The highest BCUT2D eigenvalue weighted by Gasteiger charge is 2.47. The largest absolute Gasteiger partial charge is 0.494 e. The molecule has 1 aromatic heterocycles. The summed E-state index contributed by atoms with van der Waals surface area (Å²) in [5.41, 5.74) is 9.95. The maximum atomic E-state index is 6.61. The van der Waals surface area contributed by atoms with Crippen LogP contribution in [0.3, 0.4) is 0 Å². The van der Waals surface area contributed by atoms with E-state index in [9.17, 15) is 0 Å². The smallest absolute Gasteiger partial charge is 0.164 e. The van der Waals surface area contributed by atoms with Crippen LogP contribution >= 0.6 is 0 Å². The van der Waals surface area contributed by atoms with Crippen molar-refractivity contribution in [2.24, 2.45) is 11.8 Å². The van der Waals surface area contributed by atoms with E-state index >= 15 is 0 Å². The summed E-state index contributed by atoms with van der Waals surface area (Å²) in [5, 5.41) is 0. The van der Waals surface area contributed by atoms with Crippen molar-refractivity contribution in [3.63, 3.8) is 0 Å². The lowest BCUT2D eigenvalue weighted by atomic mass is 9.71. The third-order valence-corrected chi connectivity index (χ3v) is 10.6. The van der Waals surface area contributed by atoms with Gasteiger partial charge in [0.1, 0.15) is 17.7 Å². The first-order valence-electron chi connectivity index (χ1n) is 16.6.